The molecule has 0 spiro atoms. The fraction of sp³-hybridized carbons (Fsp3) is 0.333. The molecule has 1 aromatic heterocycles. The van der Waals surface area contributed by atoms with E-state index in [1.807, 2.05) is 29.8 Å². The van der Waals surface area contributed by atoms with Crippen molar-refractivity contribution in [1.29, 1.82) is 0 Å². The van der Waals surface area contributed by atoms with Crippen LogP contribution in [0.15, 0.2) is 35.3 Å². The van der Waals surface area contributed by atoms with Gasteiger partial charge in [-0.25, -0.2) is 4.79 Å². The Kier molecular flexibility index (Phi) is 7.36. The molecule has 0 fully saturated rings. The largest absolute Gasteiger partial charge is 0.462 e. The number of aromatic nitrogens is 1. The molecular formula is C18H22Cl2N4O2. The van der Waals surface area contributed by atoms with Crippen LogP contribution in [0.25, 0.3) is 0 Å². The fourth-order valence-electron chi connectivity index (χ4n) is 2.31. The summed E-state index contributed by atoms with van der Waals surface area (Å²) < 4.78 is 6.79. The van der Waals surface area contributed by atoms with E-state index in [2.05, 4.69) is 15.6 Å². The number of aliphatic imine (C=N–C) groups is 1. The molecule has 0 saturated heterocycles. The van der Waals surface area contributed by atoms with Crippen molar-refractivity contribution in [3.05, 3.63) is 57.3 Å². The topological polar surface area (TPSA) is 67.7 Å². The minimum absolute atomic E-state index is 0.315. The normalized spacial score (nSPS) is 11.3. The maximum absolute atomic E-state index is 11.7. The molecule has 2 rings (SSSR count). The van der Waals surface area contributed by atoms with Gasteiger partial charge in [0.1, 0.15) is 5.15 Å². The molecule has 2 aromatic rings. The fourth-order valence-corrected chi connectivity index (χ4v) is 2.73. The second kappa shape index (κ2) is 9.50. The highest BCUT2D eigenvalue weighted by Crippen LogP contribution is 2.24. The highest BCUT2D eigenvalue weighted by atomic mass is 35.5. The molecule has 6 nitrogen and oxygen atoms in total. The van der Waals surface area contributed by atoms with E-state index >= 15 is 0 Å². The van der Waals surface area contributed by atoms with Gasteiger partial charge in [0.2, 0.25) is 0 Å². The van der Waals surface area contributed by atoms with Crippen molar-refractivity contribution in [2.75, 3.05) is 13.7 Å². The third-order valence-corrected chi connectivity index (χ3v) is 4.64. The molecule has 0 radical (unpaired) electrons. The van der Waals surface area contributed by atoms with Crippen molar-refractivity contribution < 1.29 is 9.53 Å². The van der Waals surface area contributed by atoms with Crippen LogP contribution >= 0.6 is 23.2 Å². The summed E-state index contributed by atoms with van der Waals surface area (Å²) in [4.78, 5) is 15.8. The summed E-state index contributed by atoms with van der Waals surface area (Å²) in [6, 6.07) is 9.07. The van der Waals surface area contributed by atoms with Crippen molar-refractivity contribution in [3.63, 3.8) is 0 Å². The Morgan fingerprint density at radius 3 is 2.38 bits per heavy atom. The number of nitrogens with zero attached hydrogens (tertiary/aromatic N) is 2. The monoisotopic (exact) mass is 396 g/mol. The number of rotatable bonds is 6. The highest BCUT2D eigenvalue weighted by molar-refractivity contribution is 6.41. The van der Waals surface area contributed by atoms with E-state index in [1.165, 1.54) is 0 Å². The summed E-state index contributed by atoms with van der Waals surface area (Å²) in [5, 5.41) is 7.46. The molecule has 0 aliphatic heterocycles. The Balaban J connectivity index is 1.88. The van der Waals surface area contributed by atoms with Gasteiger partial charge in [0.25, 0.3) is 0 Å². The maximum Gasteiger partial charge on any atom is 0.338 e. The number of ether oxygens (including phenoxy) is 1. The second-order valence-corrected chi connectivity index (χ2v) is 6.30. The van der Waals surface area contributed by atoms with Gasteiger partial charge in [-0.15, -0.1) is 0 Å². The predicted octanol–water partition coefficient (Wildman–Crippen LogP) is 3.37. The molecule has 1 aromatic carbocycles. The number of carbonyl (C=O) groups excluding carboxylic acids is 1. The smallest absolute Gasteiger partial charge is 0.338 e. The number of benzene rings is 1. The lowest BCUT2D eigenvalue weighted by Gasteiger charge is -2.13. The number of esters is 1. The van der Waals surface area contributed by atoms with Crippen LogP contribution in [0.1, 0.15) is 28.5 Å². The van der Waals surface area contributed by atoms with Crippen LogP contribution in [0.4, 0.5) is 0 Å². The number of nitrogens with one attached hydrogen (secondary N) is 2. The van der Waals surface area contributed by atoms with Crippen molar-refractivity contribution in [3.8, 4) is 0 Å². The molecule has 0 bridgehead atoms. The minimum Gasteiger partial charge on any atom is -0.462 e. The lowest BCUT2D eigenvalue weighted by Crippen LogP contribution is -2.36. The van der Waals surface area contributed by atoms with Crippen LogP contribution in [0, 0.1) is 0 Å². The molecule has 2 N–H and O–H groups in total. The summed E-state index contributed by atoms with van der Waals surface area (Å²) in [5.41, 5.74) is 2.50. The lowest BCUT2D eigenvalue weighted by molar-refractivity contribution is 0.0526. The highest BCUT2D eigenvalue weighted by Gasteiger charge is 2.09. The van der Waals surface area contributed by atoms with Crippen LogP contribution in [0.3, 0.4) is 0 Å². The number of guanidine groups is 1. The zero-order chi connectivity index (χ0) is 19.1. The third kappa shape index (κ3) is 5.16. The molecular weight excluding hydrogens is 375 g/mol. The van der Waals surface area contributed by atoms with Crippen LogP contribution < -0.4 is 10.6 Å². The van der Waals surface area contributed by atoms with E-state index in [0.717, 1.165) is 11.3 Å². The van der Waals surface area contributed by atoms with E-state index in [9.17, 15) is 4.79 Å². The van der Waals surface area contributed by atoms with Gasteiger partial charge < -0.3 is 19.9 Å². The SMILES string of the molecule is CCOC(=O)c1ccc(CNC(=NC)NCc2cc(Cl)c(Cl)n2C)cc1. The van der Waals surface area contributed by atoms with E-state index in [1.54, 1.807) is 26.1 Å². The molecule has 0 unspecified atom stereocenters. The first-order valence-electron chi connectivity index (χ1n) is 8.16. The average Bonchev–Trinajstić information content (AvgIpc) is 2.89. The van der Waals surface area contributed by atoms with Crippen molar-refractivity contribution in [2.24, 2.45) is 12.0 Å². The molecule has 8 heteroatoms. The van der Waals surface area contributed by atoms with Gasteiger partial charge in [0.05, 0.1) is 23.7 Å². The number of hydrogen-bond acceptors (Lipinski definition) is 3. The Labute approximate surface area is 163 Å². The number of halogens is 2. The van der Waals surface area contributed by atoms with E-state index in [0.29, 0.717) is 41.4 Å². The first-order valence-corrected chi connectivity index (χ1v) is 8.92. The van der Waals surface area contributed by atoms with Gasteiger partial charge in [-0.05, 0) is 30.7 Å². The maximum atomic E-state index is 11.7. The Bertz CT molecular complexity index is 785. The molecule has 0 aliphatic carbocycles. The van der Waals surface area contributed by atoms with Crippen molar-refractivity contribution in [2.45, 2.75) is 20.0 Å². The first kappa shape index (κ1) is 20.1. The Morgan fingerprint density at radius 2 is 1.85 bits per heavy atom. The van der Waals surface area contributed by atoms with Crippen molar-refractivity contribution in [1.82, 2.24) is 15.2 Å². The van der Waals surface area contributed by atoms with Gasteiger partial charge in [-0.1, -0.05) is 35.3 Å². The molecule has 0 saturated carbocycles. The van der Waals surface area contributed by atoms with Gasteiger partial charge in [-0.3, -0.25) is 4.99 Å². The van der Waals surface area contributed by atoms with Gasteiger partial charge in [0, 0.05) is 26.3 Å². The van der Waals surface area contributed by atoms with Crippen LogP contribution in [0.5, 0.6) is 0 Å². The van der Waals surface area contributed by atoms with E-state index in [-0.39, 0.29) is 5.97 Å². The number of hydrogen-bond donors (Lipinski definition) is 2. The standard InChI is InChI=1S/C18H22Cl2N4O2/c1-4-26-17(25)13-7-5-12(6-8-13)10-22-18(21-2)23-11-14-9-15(19)16(20)24(14)3/h5-9H,4,10-11H2,1-3H3,(H2,21,22,23). The number of carbonyl (C=O) groups is 1. The van der Waals surface area contributed by atoms with Crippen molar-refractivity contribution >= 4 is 35.1 Å². The Morgan fingerprint density at radius 1 is 1.19 bits per heavy atom. The molecule has 0 aliphatic rings. The molecule has 0 amide bonds. The quantitative estimate of drug-likeness (QED) is 0.446. The molecule has 26 heavy (non-hydrogen) atoms. The molecule has 140 valence electrons. The van der Waals surface area contributed by atoms with Crippen LogP contribution in [-0.4, -0.2) is 30.2 Å². The summed E-state index contributed by atoms with van der Waals surface area (Å²) in [6.07, 6.45) is 0. The second-order valence-electron chi connectivity index (χ2n) is 5.53. The van der Waals surface area contributed by atoms with Gasteiger partial charge in [-0.2, -0.15) is 0 Å². The lowest BCUT2D eigenvalue weighted by atomic mass is 10.1. The predicted molar refractivity (Wildman–Crippen MR) is 105 cm³/mol. The summed E-state index contributed by atoms with van der Waals surface area (Å²) in [7, 11) is 3.55. The minimum atomic E-state index is -0.315. The van der Waals surface area contributed by atoms with Crippen LogP contribution in [0.2, 0.25) is 10.2 Å². The van der Waals surface area contributed by atoms with Gasteiger partial charge in [0.15, 0.2) is 5.96 Å². The van der Waals surface area contributed by atoms with Gasteiger partial charge >= 0.3 is 5.97 Å². The first-order chi connectivity index (χ1) is 12.5. The van der Waals surface area contributed by atoms with E-state index < -0.39 is 0 Å². The Hall–Kier alpha value is -2.18. The zero-order valence-corrected chi connectivity index (χ0v) is 16.5. The third-order valence-electron chi connectivity index (χ3n) is 3.80. The van der Waals surface area contributed by atoms with Crippen LogP contribution in [-0.2, 0) is 24.9 Å². The summed E-state index contributed by atoms with van der Waals surface area (Å²) in [6.45, 7) is 3.25. The summed E-state index contributed by atoms with van der Waals surface area (Å²) in [5.74, 6) is 0.331. The molecule has 0 atom stereocenters. The summed E-state index contributed by atoms with van der Waals surface area (Å²) >= 11 is 12.1. The molecule has 1 heterocycles. The zero-order valence-electron chi connectivity index (χ0n) is 15.0. The van der Waals surface area contributed by atoms with E-state index in [4.69, 9.17) is 27.9 Å². The average molecular weight is 397 g/mol.